The van der Waals surface area contributed by atoms with Crippen molar-refractivity contribution in [1.82, 2.24) is 0 Å². The summed E-state index contributed by atoms with van der Waals surface area (Å²) in [5, 5.41) is 0. The Morgan fingerprint density at radius 2 is 1.81 bits per heavy atom. The summed E-state index contributed by atoms with van der Waals surface area (Å²) >= 11 is 0. The molecule has 0 saturated carbocycles. The molecule has 0 aromatic heterocycles. The normalized spacial score (nSPS) is 10.1. The summed E-state index contributed by atoms with van der Waals surface area (Å²) in [5.41, 5.74) is 10.0. The second kappa shape index (κ2) is 4.27. The van der Waals surface area contributed by atoms with E-state index >= 15 is 0 Å². The number of nitrogens with two attached hydrogens (primary N) is 1. The number of aryl methyl sites for hydroxylation is 1. The van der Waals surface area contributed by atoms with Gasteiger partial charge in [0, 0.05) is 5.69 Å². The van der Waals surface area contributed by atoms with Gasteiger partial charge in [-0.1, -0.05) is 18.2 Å². The van der Waals surface area contributed by atoms with Gasteiger partial charge >= 0.3 is 0 Å². The highest BCUT2D eigenvalue weighted by Gasteiger charge is 2.01. The van der Waals surface area contributed by atoms with Crippen molar-refractivity contribution < 1.29 is 4.74 Å². The van der Waals surface area contributed by atoms with Crippen LogP contribution in [0.3, 0.4) is 0 Å². The molecular weight excluding hydrogens is 198 g/mol. The summed E-state index contributed by atoms with van der Waals surface area (Å²) in [4.78, 5) is 0. The second-order valence-electron chi connectivity index (χ2n) is 3.86. The predicted molar refractivity (Wildman–Crippen MR) is 67.6 cm³/mol. The molecule has 0 aliphatic heterocycles. The molecule has 2 N–H and O–H groups in total. The molecule has 2 aromatic rings. The van der Waals surface area contributed by atoms with Gasteiger partial charge in [0.2, 0.25) is 0 Å². The van der Waals surface area contributed by atoms with Crippen molar-refractivity contribution in [3.8, 4) is 16.9 Å². The number of anilines is 1. The Labute approximate surface area is 95.7 Å². The van der Waals surface area contributed by atoms with E-state index in [0.29, 0.717) is 0 Å². The molecule has 0 aliphatic rings. The average molecular weight is 213 g/mol. The number of ether oxygens (including phenoxy) is 1. The fourth-order valence-corrected chi connectivity index (χ4v) is 1.78. The van der Waals surface area contributed by atoms with Gasteiger partial charge in [-0.25, -0.2) is 0 Å². The number of nitrogen functional groups attached to an aromatic ring is 1. The topological polar surface area (TPSA) is 35.2 Å². The second-order valence-corrected chi connectivity index (χ2v) is 3.86. The van der Waals surface area contributed by atoms with E-state index in [2.05, 4.69) is 12.1 Å². The molecule has 2 aromatic carbocycles. The largest absolute Gasteiger partial charge is 0.497 e. The van der Waals surface area contributed by atoms with Crippen LogP contribution in [0.4, 0.5) is 5.69 Å². The van der Waals surface area contributed by atoms with Gasteiger partial charge in [-0.3, -0.25) is 0 Å². The maximum Gasteiger partial charge on any atom is 0.119 e. The summed E-state index contributed by atoms with van der Waals surface area (Å²) in [6.45, 7) is 2.04. The van der Waals surface area contributed by atoms with Crippen molar-refractivity contribution in [2.45, 2.75) is 6.92 Å². The molecule has 82 valence electrons. The third-order valence-electron chi connectivity index (χ3n) is 2.50. The van der Waals surface area contributed by atoms with Crippen molar-refractivity contribution in [2.24, 2.45) is 0 Å². The standard InChI is InChI=1S/C14H15NO/c1-10-6-12(8-13(15)7-10)11-4-3-5-14(9-11)16-2/h3-9H,15H2,1-2H3. The van der Waals surface area contributed by atoms with Crippen molar-refractivity contribution >= 4 is 5.69 Å². The number of hydrogen-bond donors (Lipinski definition) is 1. The lowest BCUT2D eigenvalue weighted by molar-refractivity contribution is 0.415. The quantitative estimate of drug-likeness (QED) is 0.777. The summed E-state index contributed by atoms with van der Waals surface area (Å²) in [6.07, 6.45) is 0. The highest BCUT2D eigenvalue weighted by atomic mass is 16.5. The third-order valence-corrected chi connectivity index (χ3v) is 2.50. The molecule has 2 rings (SSSR count). The van der Waals surface area contributed by atoms with Crippen molar-refractivity contribution in [3.63, 3.8) is 0 Å². The first kappa shape index (κ1) is 10.6. The van der Waals surface area contributed by atoms with Crippen LogP contribution in [0.2, 0.25) is 0 Å². The molecule has 0 heterocycles. The first-order valence-corrected chi connectivity index (χ1v) is 5.20. The summed E-state index contributed by atoms with van der Waals surface area (Å²) in [7, 11) is 1.67. The van der Waals surface area contributed by atoms with E-state index in [1.54, 1.807) is 7.11 Å². The van der Waals surface area contributed by atoms with E-state index in [-0.39, 0.29) is 0 Å². The lowest BCUT2D eigenvalue weighted by Crippen LogP contribution is -1.88. The number of benzene rings is 2. The van der Waals surface area contributed by atoms with E-state index in [0.717, 1.165) is 28.1 Å². The number of hydrogen-bond acceptors (Lipinski definition) is 2. The van der Waals surface area contributed by atoms with Gasteiger partial charge in [-0.15, -0.1) is 0 Å². The van der Waals surface area contributed by atoms with Crippen molar-refractivity contribution in [1.29, 1.82) is 0 Å². The molecule has 0 atom stereocenters. The zero-order valence-corrected chi connectivity index (χ0v) is 9.53. The highest BCUT2D eigenvalue weighted by Crippen LogP contribution is 2.26. The summed E-state index contributed by atoms with van der Waals surface area (Å²) in [5.74, 6) is 0.859. The van der Waals surface area contributed by atoms with Gasteiger partial charge in [-0.05, 0) is 47.9 Å². The minimum Gasteiger partial charge on any atom is -0.497 e. The SMILES string of the molecule is COc1cccc(-c2cc(C)cc(N)c2)c1. The zero-order valence-electron chi connectivity index (χ0n) is 9.53. The first-order chi connectivity index (χ1) is 7.69. The molecule has 2 nitrogen and oxygen atoms in total. The van der Waals surface area contributed by atoms with Crippen molar-refractivity contribution in [3.05, 3.63) is 48.0 Å². The maximum atomic E-state index is 5.84. The monoisotopic (exact) mass is 213 g/mol. The Hall–Kier alpha value is -1.96. The lowest BCUT2D eigenvalue weighted by atomic mass is 10.0. The van der Waals surface area contributed by atoms with Gasteiger partial charge in [0.05, 0.1) is 7.11 Å². The molecule has 0 amide bonds. The number of rotatable bonds is 2. The Morgan fingerprint density at radius 3 is 2.50 bits per heavy atom. The van der Waals surface area contributed by atoms with Gasteiger partial charge in [0.15, 0.2) is 0 Å². The van der Waals surface area contributed by atoms with Gasteiger partial charge in [0.1, 0.15) is 5.75 Å². The van der Waals surface area contributed by atoms with Crippen LogP contribution in [0.5, 0.6) is 5.75 Å². The number of methoxy groups -OCH3 is 1. The summed E-state index contributed by atoms with van der Waals surface area (Å²) < 4.78 is 5.21. The molecule has 16 heavy (non-hydrogen) atoms. The maximum absolute atomic E-state index is 5.84. The molecule has 0 bridgehead atoms. The molecule has 0 radical (unpaired) electrons. The van der Waals surface area contributed by atoms with E-state index in [9.17, 15) is 0 Å². The Balaban J connectivity index is 2.49. The summed E-state index contributed by atoms with van der Waals surface area (Å²) in [6, 6.07) is 14.0. The van der Waals surface area contributed by atoms with E-state index in [1.165, 1.54) is 0 Å². The van der Waals surface area contributed by atoms with Crippen LogP contribution in [-0.2, 0) is 0 Å². The van der Waals surface area contributed by atoms with Gasteiger partial charge < -0.3 is 10.5 Å². The van der Waals surface area contributed by atoms with Crippen LogP contribution in [-0.4, -0.2) is 7.11 Å². The smallest absolute Gasteiger partial charge is 0.119 e. The molecule has 0 spiro atoms. The van der Waals surface area contributed by atoms with Crippen LogP contribution in [0, 0.1) is 6.92 Å². The molecule has 0 fully saturated rings. The Bertz CT molecular complexity index is 486. The fraction of sp³-hybridized carbons (Fsp3) is 0.143. The van der Waals surface area contributed by atoms with Gasteiger partial charge in [0.25, 0.3) is 0 Å². The predicted octanol–water partition coefficient (Wildman–Crippen LogP) is 3.25. The molecular formula is C14H15NO. The Morgan fingerprint density at radius 1 is 1.00 bits per heavy atom. The lowest BCUT2D eigenvalue weighted by Gasteiger charge is -2.07. The van der Waals surface area contributed by atoms with Gasteiger partial charge in [-0.2, -0.15) is 0 Å². The molecule has 0 aliphatic carbocycles. The van der Waals surface area contributed by atoms with E-state index < -0.39 is 0 Å². The zero-order chi connectivity index (χ0) is 11.5. The van der Waals surface area contributed by atoms with E-state index in [1.807, 2.05) is 37.3 Å². The molecule has 2 heteroatoms. The van der Waals surface area contributed by atoms with Crippen LogP contribution >= 0.6 is 0 Å². The van der Waals surface area contributed by atoms with Crippen LogP contribution < -0.4 is 10.5 Å². The first-order valence-electron chi connectivity index (χ1n) is 5.20. The third kappa shape index (κ3) is 2.16. The molecule has 0 saturated heterocycles. The minimum atomic E-state index is 0.790. The molecule has 0 unspecified atom stereocenters. The van der Waals surface area contributed by atoms with Crippen LogP contribution in [0.15, 0.2) is 42.5 Å². The fourth-order valence-electron chi connectivity index (χ4n) is 1.78. The van der Waals surface area contributed by atoms with E-state index in [4.69, 9.17) is 10.5 Å². The van der Waals surface area contributed by atoms with Crippen molar-refractivity contribution in [2.75, 3.05) is 12.8 Å². The average Bonchev–Trinajstić information content (AvgIpc) is 2.28. The highest BCUT2D eigenvalue weighted by molar-refractivity contribution is 5.69. The van der Waals surface area contributed by atoms with Crippen LogP contribution in [0.1, 0.15) is 5.56 Å². The van der Waals surface area contributed by atoms with Crippen LogP contribution in [0.25, 0.3) is 11.1 Å². The Kier molecular flexibility index (Phi) is 2.82. The minimum absolute atomic E-state index is 0.790.